The largest absolute Gasteiger partial charge is 0.394 e. The molecule has 2 N–H and O–H groups in total. The maximum Gasteiger partial charge on any atom is 0.0620 e. The molecular formula is C17H19NO. The molecule has 0 heterocycles. The zero-order chi connectivity index (χ0) is 13.3. The fourth-order valence-electron chi connectivity index (χ4n) is 1.83. The van der Waals surface area contributed by atoms with Crippen molar-refractivity contribution in [3.05, 3.63) is 77.9 Å². The summed E-state index contributed by atoms with van der Waals surface area (Å²) in [6.45, 7) is 0.849. The van der Waals surface area contributed by atoms with Crippen molar-refractivity contribution in [2.75, 3.05) is 6.61 Å². The molecule has 2 heteroatoms. The molecule has 2 nitrogen and oxygen atoms in total. The van der Waals surface area contributed by atoms with Crippen LogP contribution >= 0.6 is 0 Å². The van der Waals surface area contributed by atoms with E-state index in [4.69, 9.17) is 0 Å². The number of rotatable bonds is 6. The van der Waals surface area contributed by atoms with Gasteiger partial charge in [-0.1, -0.05) is 72.8 Å². The van der Waals surface area contributed by atoms with Crippen molar-refractivity contribution in [1.82, 2.24) is 5.32 Å². The molecule has 0 aliphatic rings. The molecule has 0 spiro atoms. The summed E-state index contributed by atoms with van der Waals surface area (Å²) in [6, 6.07) is 20.2. The van der Waals surface area contributed by atoms with Crippen molar-refractivity contribution in [2.24, 2.45) is 0 Å². The zero-order valence-corrected chi connectivity index (χ0v) is 10.9. The van der Waals surface area contributed by atoms with E-state index < -0.39 is 0 Å². The number of aliphatic hydroxyl groups is 1. The molecule has 98 valence electrons. The Morgan fingerprint density at radius 2 is 1.58 bits per heavy atom. The Hall–Kier alpha value is -1.90. The molecule has 0 saturated heterocycles. The molecule has 0 amide bonds. The van der Waals surface area contributed by atoms with Gasteiger partial charge in [-0.3, -0.25) is 0 Å². The van der Waals surface area contributed by atoms with E-state index in [1.54, 1.807) is 0 Å². The maximum atomic E-state index is 9.37. The fourth-order valence-corrected chi connectivity index (χ4v) is 1.83. The van der Waals surface area contributed by atoms with Gasteiger partial charge in [-0.15, -0.1) is 0 Å². The minimum absolute atomic E-state index is 0.0274. The van der Waals surface area contributed by atoms with Gasteiger partial charge in [-0.25, -0.2) is 0 Å². The first-order valence-electron chi connectivity index (χ1n) is 6.50. The normalized spacial score (nSPS) is 12.7. The molecule has 0 bridgehead atoms. The lowest BCUT2D eigenvalue weighted by molar-refractivity contribution is 0.264. The van der Waals surface area contributed by atoms with Gasteiger partial charge in [-0.05, 0) is 11.1 Å². The van der Waals surface area contributed by atoms with Crippen LogP contribution in [-0.2, 0) is 6.54 Å². The summed E-state index contributed by atoms with van der Waals surface area (Å²) in [5.74, 6) is 0. The lowest BCUT2D eigenvalue weighted by atomic mass is 10.1. The second-order valence-electron chi connectivity index (χ2n) is 4.43. The van der Waals surface area contributed by atoms with Crippen LogP contribution in [0.3, 0.4) is 0 Å². The van der Waals surface area contributed by atoms with Crippen LogP contribution in [0.1, 0.15) is 11.1 Å². The standard InChI is InChI=1S/C17H19NO/c19-14-17(12-11-15-7-3-1-4-8-15)18-13-16-9-5-2-6-10-16/h1-12,17-19H,13-14H2/b12-11+. The highest BCUT2D eigenvalue weighted by molar-refractivity contribution is 5.49. The Labute approximate surface area is 114 Å². The van der Waals surface area contributed by atoms with Crippen LogP contribution in [0.25, 0.3) is 6.08 Å². The monoisotopic (exact) mass is 253 g/mol. The molecule has 0 saturated carbocycles. The molecular weight excluding hydrogens is 234 g/mol. The van der Waals surface area contributed by atoms with E-state index in [9.17, 15) is 5.11 Å². The van der Waals surface area contributed by atoms with Crippen LogP contribution in [0.2, 0.25) is 0 Å². The Morgan fingerprint density at radius 3 is 2.21 bits per heavy atom. The van der Waals surface area contributed by atoms with Crippen LogP contribution in [0.15, 0.2) is 66.7 Å². The summed E-state index contributed by atoms with van der Waals surface area (Å²) in [5.41, 5.74) is 2.36. The average molecular weight is 253 g/mol. The van der Waals surface area contributed by atoms with Crippen molar-refractivity contribution in [3.63, 3.8) is 0 Å². The van der Waals surface area contributed by atoms with Crippen LogP contribution in [0, 0.1) is 0 Å². The molecule has 2 rings (SSSR count). The van der Waals surface area contributed by atoms with Gasteiger partial charge in [0, 0.05) is 12.6 Å². The first-order chi connectivity index (χ1) is 9.38. The first kappa shape index (κ1) is 13.5. The SMILES string of the molecule is OCC(/C=C/c1ccccc1)NCc1ccccc1. The Morgan fingerprint density at radius 1 is 0.947 bits per heavy atom. The number of nitrogens with one attached hydrogen (secondary N) is 1. The van der Waals surface area contributed by atoms with Crippen LogP contribution in [-0.4, -0.2) is 17.8 Å². The van der Waals surface area contributed by atoms with E-state index in [2.05, 4.69) is 17.4 Å². The van der Waals surface area contributed by atoms with Gasteiger partial charge in [0.05, 0.1) is 6.61 Å². The van der Waals surface area contributed by atoms with Crippen molar-refractivity contribution >= 4 is 6.08 Å². The van der Waals surface area contributed by atoms with Crippen molar-refractivity contribution in [1.29, 1.82) is 0 Å². The second kappa shape index (κ2) is 7.52. The third kappa shape index (κ3) is 4.70. The van der Waals surface area contributed by atoms with Crippen LogP contribution in [0.5, 0.6) is 0 Å². The summed E-state index contributed by atoms with van der Waals surface area (Å²) in [7, 11) is 0. The van der Waals surface area contributed by atoms with Gasteiger partial charge in [0.25, 0.3) is 0 Å². The molecule has 2 aromatic carbocycles. The highest BCUT2D eigenvalue weighted by Crippen LogP contribution is 2.03. The molecule has 0 radical (unpaired) electrons. The topological polar surface area (TPSA) is 32.3 Å². The van der Waals surface area contributed by atoms with E-state index in [1.165, 1.54) is 5.56 Å². The summed E-state index contributed by atoms with van der Waals surface area (Å²) >= 11 is 0. The molecule has 1 unspecified atom stereocenters. The first-order valence-corrected chi connectivity index (χ1v) is 6.50. The molecule has 0 aliphatic heterocycles. The van der Waals surface area contributed by atoms with Gasteiger partial charge in [0.15, 0.2) is 0 Å². The van der Waals surface area contributed by atoms with Crippen molar-refractivity contribution < 1.29 is 5.11 Å². The van der Waals surface area contributed by atoms with Crippen LogP contribution < -0.4 is 5.32 Å². The molecule has 0 fully saturated rings. The predicted octanol–water partition coefficient (Wildman–Crippen LogP) is 2.85. The van der Waals surface area contributed by atoms with Crippen molar-refractivity contribution in [2.45, 2.75) is 12.6 Å². The smallest absolute Gasteiger partial charge is 0.0620 e. The minimum atomic E-state index is -0.0274. The summed E-state index contributed by atoms with van der Waals surface area (Å²) in [6.07, 6.45) is 4.02. The fraction of sp³-hybridized carbons (Fsp3) is 0.176. The molecule has 1 atom stereocenters. The van der Waals surface area contributed by atoms with Gasteiger partial charge in [-0.2, -0.15) is 0 Å². The highest BCUT2D eigenvalue weighted by Gasteiger charge is 2.01. The van der Waals surface area contributed by atoms with Gasteiger partial charge in [0.1, 0.15) is 0 Å². The zero-order valence-electron chi connectivity index (χ0n) is 10.9. The number of hydrogen-bond donors (Lipinski definition) is 2. The second-order valence-corrected chi connectivity index (χ2v) is 4.43. The maximum absolute atomic E-state index is 9.37. The lowest BCUT2D eigenvalue weighted by Crippen LogP contribution is -2.29. The Kier molecular flexibility index (Phi) is 5.35. The summed E-state index contributed by atoms with van der Waals surface area (Å²) in [5, 5.41) is 12.7. The van der Waals surface area contributed by atoms with E-state index in [-0.39, 0.29) is 12.6 Å². The highest BCUT2D eigenvalue weighted by atomic mass is 16.3. The quantitative estimate of drug-likeness (QED) is 0.829. The summed E-state index contributed by atoms with van der Waals surface area (Å²) < 4.78 is 0. The van der Waals surface area contributed by atoms with Gasteiger partial charge < -0.3 is 10.4 Å². The van der Waals surface area contributed by atoms with Gasteiger partial charge in [0.2, 0.25) is 0 Å². The van der Waals surface area contributed by atoms with E-state index in [0.717, 1.165) is 12.1 Å². The molecule has 19 heavy (non-hydrogen) atoms. The number of benzene rings is 2. The molecule has 2 aromatic rings. The van der Waals surface area contributed by atoms with E-state index in [1.807, 2.05) is 60.7 Å². The Bertz CT molecular complexity index is 493. The Balaban J connectivity index is 1.88. The third-order valence-electron chi connectivity index (χ3n) is 2.93. The lowest BCUT2D eigenvalue weighted by Gasteiger charge is -2.12. The molecule has 0 aromatic heterocycles. The average Bonchev–Trinajstić information content (AvgIpc) is 2.49. The minimum Gasteiger partial charge on any atom is -0.394 e. The van der Waals surface area contributed by atoms with Crippen molar-refractivity contribution in [3.8, 4) is 0 Å². The number of hydrogen-bond acceptors (Lipinski definition) is 2. The molecule has 0 aliphatic carbocycles. The van der Waals surface area contributed by atoms with E-state index in [0.29, 0.717) is 0 Å². The summed E-state index contributed by atoms with van der Waals surface area (Å²) in [4.78, 5) is 0. The van der Waals surface area contributed by atoms with Crippen LogP contribution in [0.4, 0.5) is 0 Å². The number of aliphatic hydroxyl groups excluding tert-OH is 1. The third-order valence-corrected chi connectivity index (χ3v) is 2.93. The van der Waals surface area contributed by atoms with Gasteiger partial charge >= 0.3 is 0 Å². The van der Waals surface area contributed by atoms with E-state index >= 15 is 0 Å². The predicted molar refractivity (Wildman–Crippen MR) is 79.6 cm³/mol.